The topological polar surface area (TPSA) is 154 Å². The van der Waals surface area contributed by atoms with Gasteiger partial charge in [-0.15, -0.1) is 23.5 Å². The van der Waals surface area contributed by atoms with Gasteiger partial charge in [-0.1, -0.05) is 200 Å². The number of thioether (sulfide) groups is 2. The molecule has 6 N–H and O–H groups in total. The van der Waals surface area contributed by atoms with Crippen LogP contribution in [0, 0.1) is 12.7 Å². The van der Waals surface area contributed by atoms with Gasteiger partial charge >= 0.3 is 0 Å². The fourth-order valence-corrected chi connectivity index (χ4v) is 16.6. The molecule has 15 heteroatoms. The molecule has 12 nitrogen and oxygen atoms in total. The Bertz CT molecular complexity index is 5180. The number of aromatic hydroxyl groups is 4. The zero-order valence-corrected chi connectivity index (χ0v) is 77.5. The summed E-state index contributed by atoms with van der Waals surface area (Å²) >= 11 is 3.49. The molecule has 0 amide bonds. The Balaban J connectivity index is 0.000000166. The van der Waals surface area contributed by atoms with Crippen molar-refractivity contribution in [1.29, 1.82) is 0 Å². The molecule has 0 bridgehead atoms. The summed E-state index contributed by atoms with van der Waals surface area (Å²) in [6.07, 6.45) is 4.17. The first-order valence-electron chi connectivity index (χ1n) is 43.1. The van der Waals surface area contributed by atoms with Gasteiger partial charge in [0.15, 0.2) is 0 Å². The summed E-state index contributed by atoms with van der Waals surface area (Å²) in [5.74, 6) is 4.44. The van der Waals surface area contributed by atoms with E-state index in [0.29, 0.717) is 17.2 Å². The van der Waals surface area contributed by atoms with E-state index in [1.165, 1.54) is 78.9 Å². The van der Waals surface area contributed by atoms with Gasteiger partial charge in [0.25, 0.3) is 0 Å². The molecule has 0 aliphatic carbocycles. The van der Waals surface area contributed by atoms with Crippen molar-refractivity contribution in [3.05, 3.63) is 459 Å². The highest BCUT2D eigenvalue weighted by molar-refractivity contribution is 7.98. The zero-order valence-electron chi connectivity index (χ0n) is 75.9. The van der Waals surface area contributed by atoms with Crippen LogP contribution in [0.2, 0.25) is 0 Å². The van der Waals surface area contributed by atoms with E-state index < -0.39 is 0 Å². The van der Waals surface area contributed by atoms with Crippen molar-refractivity contribution in [3.63, 3.8) is 0 Å². The molecule has 1 unspecified atom stereocenters. The van der Waals surface area contributed by atoms with E-state index in [9.17, 15) is 24.8 Å². The maximum Gasteiger partial charge on any atom is 0.123 e. The second-order valence-corrected chi connectivity index (χ2v) is 32.4. The monoisotopic (exact) mass is 1740 g/mol. The van der Waals surface area contributed by atoms with Gasteiger partial charge in [0.05, 0.1) is 28.4 Å². The second kappa shape index (κ2) is 49.6. The van der Waals surface area contributed by atoms with Crippen molar-refractivity contribution in [2.75, 3.05) is 103 Å². The van der Waals surface area contributed by atoms with Crippen LogP contribution in [0.4, 0.5) is 21.5 Å². The first kappa shape index (κ1) is 96.9. The van der Waals surface area contributed by atoms with Gasteiger partial charge in [-0.3, -0.25) is 0 Å². The van der Waals surface area contributed by atoms with Crippen molar-refractivity contribution in [2.45, 2.75) is 74.0 Å². The molecule has 0 radical (unpaired) electrons. The van der Waals surface area contributed by atoms with E-state index in [2.05, 4.69) is 256 Å². The van der Waals surface area contributed by atoms with Gasteiger partial charge in [0, 0.05) is 96.7 Å². The number of rotatable bonds is 28. The van der Waals surface area contributed by atoms with Crippen LogP contribution in [-0.4, -0.2) is 109 Å². The van der Waals surface area contributed by atoms with E-state index in [0.717, 1.165) is 99.2 Å². The summed E-state index contributed by atoms with van der Waals surface area (Å²) in [4.78, 5) is 9.31. The summed E-state index contributed by atoms with van der Waals surface area (Å²) in [7, 11) is 12.2. The fourth-order valence-electron chi connectivity index (χ4n) is 15.8. The number of hydrogen-bond donors (Lipinski definition) is 5. The number of hydrogen-bond acceptors (Lipinski definition) is 14. The van der Waals surface area contributed by atoms with Crippen molar-refractivity contribution >= 4 is 40.6 Å². The number of ether oxygens (including phenoxy) is 4. The highest BCUT2D eigenvalue weighted by atomic mass is 32.2. The molecular formula is C113H121FN4O8S2. The maximum atomic E-state index is 13.8. The summed E-state index contributed by atoms with van der Waals surface area (Å²) in [5, 5.41) is 39.8. The molecule has 0 fully saturated rings. The predicted octanol–water partition coefficient (Wildman–Crippen LogP) is 26.4. The van der Waals surface area contributed by atoms with Crippen molar-refractivity contribution < 1.29 is 43.8 Å². The van der Waals surface area contributed by atoms with E-state index in [1.807, 2.05) is 141 Å². The number of nitrogens with zero attached hydrogens (tertiary/aromatic N) is 3. The van der Waals surface area contributed by atoms with Crippen LogP contribution in [0.15, 0.2) is 374 Å². The molecule has 0 saturated carbocycles. The third-order valence-corrected chi connectivity index (χ3v) is 24.0. The number of nitrogens with two attached hydrogens (primary N) is 1. The largest absolute Gasteiger partial charge is 0.508 e. The number of halogens is 1. The molecular weight excluding hydrogens is 1620 g/mol. The van der Waals surface area contributed by atoms with E-state index >= 15 is 0 Å². The Morgan fingerprint density at radius 3 is 0.680 bits per heavy atom. The summed E-state index contributed by atoms with van der Waals surface area (Å²) < 4.78 is 34.7. The lowest BCUT2D eigenvalue weighted by Crippen LogP contribution is -2.21. The Kier molecular flexibility index (Phi) is 37.5. The number of aryl methyl sites for hydroxylation is 1. The number of methoxy groups -OCH3 is 4. The van der Waals surface area contributed by atoms with Crippen LogP contribution in [0.3, 0.4) is 0 Å². The lowest BCUT2D eigenvalue weighted by molar-refractivity contribution is 0.414. The second-order valence-electron chi connectivity index (χ2n) is 30.7. The van der Waals surface area contributed by atoms with E-state index in [-0.39, 0.29) is 41.2 Å². The number of benzene rings is 15. The lowest BCUT2D eigenvalue weighted by Gasteiger charge is -2.25. The van der Waals surface area contributed by atoms with Crippen molar-refractivity contribution in [2.24, 2.45) is 5.73 Å². The fraction of sp³-hybridized carbons (Fsp3) is 0.204. The van der Waals surface area contributed by atoms with Crippen LogP contribution in [0.1, 0.15) is 146 Å². The normalized spacial score (nSPS) is 10.9. The maximum absolute atomic E-state index is 13.8. The molecule has 0 heterocycles. The minimum Gasteiger partial charge on any atom is -0.508 e. The third kappa shape index (κ3) is 26.9. The Labute approximate surface area is 766 Å². The van der Waals surface area contributed by atoms with Crippen molar-refractivity contribution in [3.8, 4) is 46.0 Å². The first-order chi connectivity index (χ1) is 62.3. The zero-order chi connectivity index (χ0) is 91.4. The summed E-state index contributed by atoms with van der Waals surface area (Å²) in [6, 6.07) is 121. The number of phenols is 4. The molecule has 0 saturated heterocycles. The van der Waals surface area contributed by atoms with Crippen molar-refractivity contribution in [1.82, 2.24) is 0 Å². The molecule has 0 aliphatic rings. The minimum absolute atomic E-state index is 0.0221. The van der Waals surface area contributed by atoms with Crippen LogP contribution < -0.4 is 39.4 Å². The van der Waals surface area contributed by atoms with Crippen LogP contribution in [0.5, 0.6) is 46.0 Å². The van der Waals surface area contributed by atoms with Crippen LogP contribution in [-0.2, 0) is 0 Å². The highest BCUT2D eigenvalue weighted by Crippen LogP contribution is 2.42. The molecule has 15 aromatic rings. The summed E-state index contributed by atoms with van der Waals surface area (Å²) in [5.41, 5.74) is 26.4. The molecule has 1 atom stereocenters. The van der Waals surface area contributed by atoms with Crippen LogP contribution in [0.25, 0.3) is 0 Å². The average molecular weight is 1750 g/mol. The van der Waals surface area contributed by atoms with Gasteiger partial charge in [-0.2, -0.15) is 0 Å². The van der Waals surface area contributed by atoms with Gasteiger partial charge in [0.1, 0.15) is 51.8 Å². The molecule has 0 aliphatic heterocycles. The Morgan fingerprint density at radius 2 is 0.477 bits per heavy atom. The minimum atomic E-state index is -0.237. The highest BCUT2D eigenvalue weighted by Gasteiger charge is 2.24. The van der Waals surface area contributed by atoms with E-state index in [1.54, 1.807) is 94.4 Å². The SMILES string of the molecule is CCN(CC)c1ccc(C(c2ccc(N(CC)CC)cc2)c2cccc(O)c2)cc1.CN.COc1ccc(C(c2ccc(OC)cc2)c2cccc(F)c2)cc1.COc1ccc(C(c2ccc(OC)cc2)c2cccc(O)c2)cc1.CSc1ccc(C(c2ccc(SC)cc2)c2cccc(O)c2)cc1.Cc1ccc(C(c2ccc(N(C)C)cc2)c2cccc(O)c2)cc1. The lowest BCUT2D eigenvalue weighted by atomic mass is 9.84. The molecule has 660 valence electrons. The Morgan fingerprint density at radius 1 is 0.273 bits per heavy atom. The number of phenolic OH excluding ortho intramolecular Hbond substituents is 4. The molecule has 0 aromatic heterocycles. The van der Waals surface area contributed by atoms with E-state index in [4.69, 9.17) is 18.9 Å². The predicted molar refractivity (Wildman–Crippen MR) is 534 cm³/mol. The summed E-state index contributed by atoms with van der Waals surface area (Å²) in [6.45, 7) is 14.8. The quantitative estimate of drug-likeness (QED) is 0.0233. The molecule has 0 spiro atoms. The van der Waals surface area contributed by atoms with Gasteiger partial charge in [-0.05, 0) is 307 Å². The first-order valence-corrected chi connectivity index (χ1v) is 45.6. The van der Waals surface area contributed by atoms with Crippen LogP contribution >= 0.6 is 23.5 Å². The van der Waals surface area contributed by atoms with Gasteiger partial charge in [0.2, 0.25) is 0 Å². The molecule has 15 rings (SSSR count). The number of anilines is 3. The standard InChI is InChI=1S/C27H34N2O.C22H23NO.C21H19FO2.C21H20O3.C21H20OS2.CH5N/c1-5-28(6-2)24-16-12-21(13-17-24)27(23-10-9-11-26(30)20-23)22-14-18-25(19-15-22)29(7-3)8-4;1-16-7-9-17(10-8-16)22(19-5-4-6-21(24)15-19)18-11-13-20(14-12-18)23(2)3;3*1-23-19-10-6-15(7-11-19)21(17-4-3-5-18(22)14-17)16-8-12-20(24-2)13-9-16;1-2/h9-20,27,30H,5-8H2,1-4H3;4-15,22,24H,1-3H3;3-14,21H,1-2H3;2*3-14,21-22H,1-2H3;2H2,1H3. The molecule has 15 aromatic carbocycles. The Hall–Kier alpha value is -13.3. The van der Waals surface area contributed by atoms with Gasteiger partial charge in [-0.25, -0.2) is 4.39 Å². The molecule has 128 heavy (non-hydrogen) atoms. The smallest absolute Gasteiger partial charge is 0.123 e. The van der Waals surface area contributed by atoms with Gasteiger partial charge < -0.3 is 59.8 Å². The third-order valence-electron chi connectivity index (χ3n) is 22.6. The average Bonchev–Trinajstić information content (AvgIpc) is 0.834.